The standard InChI is InChI=1S/C33H39N3O7/c1-40-28-19-26(20-29(41-2)31(28)42-3)30(37)32(38)36-18-10-15-27(36)23-43-33(39)35(22-25-12-5-4-6-13-25)17-8-7-11-24-14-9-16-34-21-24/h4-6,9,12-14,16,19-21,27H,7-8,10-11,15,17-18,22-23H2,1-3H3/t27-/m0/s1. The lowest BCUT2D eigenvalue weighted by molar-refractivity contribution is -0.128. The maximum Gasteiger partial charge on any atom is 0.410 e. The minimum absolute atomic E-state index is 0.00802. The van der Waals surface area contributed by atoms with Crippen molar-refractivity contribution in [3.05, 3.63) is 83.7 Å². The monoisotopic (exact) mass is 589 g/mol. The van der Waals surface area contributed by atoms with Crippen molar-refractivity contribution in [3.8, 4) is 17.2 Å². The molecule has 0 unspecified atom stereocenters. The number of nitrogens with zero attached hydrogens (tertiary/aromatic N) is 3. The highest BCUT2D eigenvalue weighted by molar-refractivity contribution is 6.43. The van der Waals surface area contributed by atoms with Gasteiger partial charge in [0.1, 0.15) is 6.61 Å². The number of hydrogen-bond donors (Lipinski definition) is 0. The van der Waals surface area contributed by atoms with Crippen LogP contribution in [0, 0.1) is 0 Å². The molecule has 1 atom stereocenters. The first kappa shape index (κ1) is 31.3. The van der Waals surface area contributed by atoms with Crippen molar-refractivity contribution in [1.29, 1.82) is 0 Å². The van der Waals surface area contributed by atoms with Gasteiger partial charge in [0.25, 0.3) is 11.7 Å². The van der Waals surface area contributed by atoms with E-state index in [1.165, 1.54) is 38.4 Å². The fourth-order valence-corrected chi connectivity index (χ4v) is 5.22. The zero-order chi connectivity index (χ0) is 30.6. The van der Waals surface area contributed by atoms with Crippen LogP contribution in [0.5, 0.6) is 17.2 Å². The highest BCUT2D eigenvalue weighted by Gasteiger charge is 2.35. The van der Waals surface area contributed by atoms with Crippen molar-refractivity contribution in [3.63, 3.8) is 0 Å². The number of rotatable bonds is 14. The van der Waals surface area contributed by atoms with Crippen LogP contribution in [-0.4, -0.2) is 79.6 Å². The molecule has 3 aromatic rings. The van der Waals surface area contributed by atoms with Crippen LogP contribution in [0.1, 0.15) is 47.2 Å². The highest BCUT2D eigenvalue weighted by Crippen LogP contribution is 2.38. The Labute approximate surface area is 252 Å². The van der Waals surface area contributed by atoms with Gasteiger partial charge in [-0.15, -0.1) is 0 Å². The van der Waals surface area contributed by atoms with Gasteiger partial charge in [-0.05, 0) is 61.4 Å². The molecule has 2 amide bonds. The molecule has 4 rings (SSSR count). The summed E-state index contributed by atoms with van der Waals surface area (Å²) in [6.07, 6.45) is 7.08. The molecular formula is C33H39N3O7. The summed E-state index contributed by atoms with van der Waals surface area (Å²) in [7, 11) is 4.35. The fourth-order valence-electron chi connectivity index (χ4n) is 5.22. The number of likely N-dealkylation sites (tertiary alicyclic amines) is 1. The zero-order valence-electron chi connectivity index (χ0n) is 25.0. The number of hydrogen-bond acceptors (Lipinski definition) is 8. The van der Waals surface area contributed by atoms with Crippen molar-refractivity contribution in [2.75, 3.05) is 41.0 Å². The first-order chi connectivity index (χ1) is 20.9. The van der Waals surface area contributed by atoms with Gasteiger partial charge in [0.05, 0.1) is 27.4 Å². The number of ketones is 1. The van der Waals surface area contributed by atoms with Gasteiger partial charge < -0.3 is 28.7 Å². The Kier molecular flexibility index (Phi) is 11.4. The van der Waals surface area contributed by atoms with E-state index in [2.05, 4.69) is 4.98 Å². The molecule has 1 aliphatic rings. The van der Waals surface area contributed by atoms with Gasteiger partial charge in [0.15, 0.2) is 11.5 Å². The topological polar surface area (TPSA) is 108 Å². The van der Waals surface area contributed by atoms with Crippen LogP contribution >= 0.6 is 0 Å². The summed E-state index contributed by atoms with van der Waals surface area (Å²) in [4.78, 5) is 47.2. The van der Waals surface area contributed by atoms with Crippen molar-refractivity contribution in [1.82, 2.24) is 14.8 Å². The molecule has 10 nitrogen and oxygen atoms in total. The van der Waals surface area contributed by atoms with Crippen LogP contribution in [0.25, 0.3) is 0 Å². The van der Waals surface area contributed by atoms with Crippen LogP contribution in [0.2, 0.25) is 0 Å². The Balaban J connectivity index is 1.38. The first-order valence-electron chi connectivity index (χ1n) is 14.4. The SMILES string of the molecule is COc1cc(C(=O)C(=O)N2CCC[C@H]2COC(=O)N(CCCCc2cccnc2)Cc2ccccc2)cc(OC)c1OC. The maximum absolute atomic E-state index is 13.3. The summed E-state index contributed by atoms with van der Waals surface area (Å²) >= 11 is 0. The number of pyridine rings is 1. The predicted octanol–water partition coefficient (Wildman–Crippen LogP) is 4.94. The summed E-state index contributed by atoms with van der Waals surface area (Å²) < 4.78 is 21.8. The van der Waals surface area contributed by atoms with Crippen LogP contribution in [0.3, 0.4) is 0 Å². The average Bonchev–Trinajstić information content (AvgIpc) is 3.53. The summed E-state index contributed by atoms with van der Waals surface area (Å²) in [5.41, 5.74) is 2.29. The summed E-state index contributed by atoms with van der Waals surface area (Å²) in [5.74, 6) is -0.467. The predicted molar refractivity (Wildman–Crippen MR) is 161 cm³/mol. The molecule has 0 radical (unpaired) electrons. The van der Waals surface area contributed by atoms with Crippen molar-refractivity contribution < 1.29 is 33.3 Å². The molecule has 2 aromatic carbocycles. The van der Waals surface area contributed by atoms with E-state index in [9.17, 15) is 14.4 Å². The Morgan fingerprint density at radius 3 is 2.30 bits per heavy atom. The van der Waals surface area contributed by atoms with E-state index >= 15 is 0 Å². The molecule has 0 spiro atoms. The molecule has 0 saturated carbocycles. The molecule has 1 fully saturated rings. The van der Waals surface area contributed by atoms with Crippen molar-refractivity contribution in [2.45, 2.75) is 44.7 Å². The van der Waals surface area contributed by atoms with Crippen molar-refractivity contribution in [2.24, 2.45) is 0 Å². The Morgan fingerprint density at radius 2 is 1.65 bits per heavy atom. The number of amides is 2. The molecule has 0 bridgehead atoms. The average molecular weight is 590 g/mol. The van der Waals surface area contributed by atoms with Crippen LogP contribution in [0.4, 0.5) is 4.79 Å². The fraction of sp³-hybridized carbons (Fsp3) is 0.394. The molecule has 2 heterocycles. The summed E-state index contributed by atoms with van der Waals surface area (Å²) in [6.45, 7) is 1.35. The smallest absolute Gasteiger partial charge is 0.410 e. The molecule has 1 aliphatic heterocycles. The quantitative estimate of drug-likeness (QED) is 0.148. The second kappa shape index (κ2) is 15.6. The Hall–Kier alpha value is -4.60. The second-order valence-corrected chi connectivity index (χ2v) is 10.3. The number of methoxy groups -OCH3 is 3. The van der Waals surface area contributed by atoms with E-state index in [1.54, 1.807) is 11.1 Å². The molecule has 228 valence electrons. The summed E-state index contributed by atoms with van der Waals surface area (Å²) in [5, 5.41) is 0. The largest absolute Gasteiger partial charge is 0.493 e. The molecule has 1 aromatic heterocycles. The van der Waals surface area contributed by atoms with E-state index < -0.39 is 23.8 Å². The van der Waals surface area contributed by atoms with Gasteiger partial charge in [0, 0.05) is 37.6 Å². The lowest BCUT2D eigenvalue weighted by Gasteiger charge is -2.27. The third-order valence-corrected chi connectivity index (χ3v) is 7.50. The van der Waals surface area contributed by atoms with E-state index in [1.807, 2.05) is 48.7 Å². The summed E-state index contributed by atoms with van der Waals surface area (Å²) in [6, 6.07) is 16.3. The minimum atomic E-state index is -0.697. The zero-order valence-corrected chi connectivity index (χ0v) is 25.0. The second-order valence-electron chi connectivity index (χ2n) is 10.3. The van der Waals surface area contributed by atoms with Gasteiger partial charge in [-0.3, -0.25) is 14.6 Å². The Morgan fingerprint density at radius 1 is 0.930 bits per heavy atom. The van der Waals surface area contributed by atoms with Crippen molar-refractivity contribution >= 4 is 17.8 Å². The van der Waals surface area contributed by atoms with E-state index in [4.69, 9.17) is 18.9 Å². The Bertz CT molecular complexity index is 1340. The van der Waals surface area contributed by atoms with Gasteiger partial charge >= 0.3 is 6.09 Å². The number of ether oxygens (including phenoxy) is 4. The van der Waals surface area contributed by atoms with Gasteiger partial charge in [0.2, 0.25) is 5.75 Å². The van der Waals surface area contributed by atoms with E-state index in [-0.39, 0.29) is 23.7 Å². The molecule has 0 aliphatic carbocycles. The van der Waals surface area contributed by atoms with Crippen LogP contribution < -0.4 is 14.2 Å². The number of aromatic nitrogens is 1. The molecular weight excluding hydrogens is 550 g/mol. The molecule has 43 heavy (non-hydrogen) atoms. The minimum Gasteiger partial charge on any atom is -0.493 e. The maximum atomic E-state index is 13.3. The van der Waals surface area contributed by atoms with Crippen LogP contribution in [0.15, 0.2) is 67.0 Å². The number of carbonyl (C=O) groups is 3. The number of carbonyl (C=O) groups excluding carboxylic acids is 3. The third kappa shape index (κ3) is 8.24. The lowest BCUT2D eigenvalue weighted by atomic mass is 10.1. The third-order valence-electron chi connectivity index (χ3n) is 7.50. The number of benzene rings is 2. The number of Topliss-reactive ketones (excluding diaryl/α,β-unsaturated/α-hetero) is 1. The molecule has 1 saturated heterocycles. The van der Waals surface area contributed by atoms with E-state index in [0.717, 1.165) is 30.4 Å². The molecule has 10 heteroatoms. The highest BCUT2D eigenvalue weighted by atomic mass is 16.6. The number of aryl methyl sites for hydroxylation is 1. The lowest BCUT2D eigenvalue weighted by Crippen LogP contribution is -2.43. The van der Waals surface area contributed by atoms with Gasteiger partial charge in [-0.1, -0.05) is 36.4 Å². The number of unbranched alkanes of at least 4 members (excludes halogenated alkanes) is 1. The molecule has 0 N–H and O–H groups in total. The van der Waals surface area contributed by atoms with E-state index in [0.29, 0.717) is 38.2 Å². The van der Waals surface area contributed by atoms with Gasteiger partial charge in [-0.2, -0.15) is 0 Å². The normalized spacial score (nSPS) is 14.2. The van der Waals surface area contributed by atoms with Crippen LogP contribution in [-0.2, 0) is 22.5 Å². The van der Waals surface area contributed by atoms with Gasteiger partial charge in [-0.25, -0.2) is 4.79 Å². The first-order valence-corrected chi connectivity index (χ1v) is 14.4.